The Morgan fingerprint density at radius 1 is 0.882 bits per heavy atom. The number of hydrogen-bond acceptors (Lipinski definition) is 2. The Hall–Kier alpha value is -2.13. The third-order valence-corrected chi connectivity index (χ3v) is 2.41. The van der Waals surface area contributed by atoms with Gasteiger partial charge in [0, 0.05) is 12.1 Å². The fourth-order valence-electron chi connectivity index (χ4n) is 1.51. The molecule has 3 heteroatoms. The van der Waals surface area contributed by atoms with Crippen LogP contribution in [0, 0.1) is 5.41 Å². The minimum atomic E-state index is 0.376. The molecule has 3 N–H and O–H groups in total. The van der Waals surface area contributed by atoms with Crippen molar-refractivity contribution in [2.24, 2.45) is 0 Å². The van der Waals surface area contributed by atoms with Gasteiger partial charge in [0.25, 0.3) is 0 Å². The second-order valence-corrected chi connectivity index (χ2v) is 3.71. The van der Waals surface area contributed by atoms with Crippen LogP contribution in [0.1, 0.15) is 11.1 Å². The Morgan fingerprint density at radius 3 is 2.12 bits per heavy atom. The first kappa shape index (κ1) is 11.4. The van der Waals surface area contributed by atoms with Gasteiger partial charge in [-0.25, -0.2) is 5.43 Å². The van der Waals surface area contributed by atoms with Gasteiger partial charge in [-0.1, -0.05) is 60.7 Å². The van der Waals surface area contributed by atoms with Crippen LogP contribution in [-0.2, 0) is 6.54 Å². The van der Waals surface area contributed by atoms with Crippen LogP contribution >= 0.6 is 0 Å². The summed E-state index contributed by atoms with van der Waals surface area (Å²) in [6, 6.07) is 19.7. The molecule has 17 heavy (non-hydrogen) atoms. The number of nitrogens with one attached hydrogen (secondary N) is 3. The van der Waals surface area contributed by atoms with E-state index in [1.165, 1.54) is 5.56 Å². The summed E-state index contributed by atoms with van der Waals surface area (Å²) < 4.78 is 0. The lowest BCUT2D eigenvalue weighted by Crippen LogP contribution is -2.36. The number of amidine groups is 1. The van der Waals surface area contributed by atoms with Gasteiger partial charge in [-0.05, 0) is 5.56 Å². The topological polar surface area (TPSA) is 47.9 Å². The molecule has 0 fully saturated rings. The van der Waals surface area contributed by atoms with E-state index in [1.807, 2.05) is 60.7 Å². The summed E-state index contributed by atoms with van der Waals surface area (Å²) in [4.78, 5) is 0. The van der Waals surface area contributed by atoms with Gasteiger partial charge in [-0.3, -0.25) is 5.41 Å². The second-order valence-electron chi connectivity index (χ2n) is 3.71. The van der Waals surface area contributed by atoms with Crippen LogP contribution in [0.25, 0.3) is 0 Å². The molecule has 86 valence electrons. The fourth-order valence-corrected chi connectivity index (χ4v) is 1.51. The zero-order valence-electron chi connectivity index (χ0n) is 9.48. The van der Waals surface area contributed by atoms with Gasteiger partial charge in [0.1, 0.15) is 5.84 Å². The van der Waals surface area contributed by atoms with Crippen LogP contribution in [0.5, 0.6) is 0 Å². The molecule has 3 nitrogen and oxygen atoms in total. The lowest BCUT2D eigenvalue weighted by molar-refractivity contribution is 0.651. The molecule has 0 radical (unpaired) electrons. The van der Waals surface area contributed by atoms with E-state index in [-0.39, 0.29) is 0 Å². The predicted molar refractivity (Wildman–Crippen MR) is 69.7 cm³/mol. The molecule has 0 saturated heterocycles. The van der Waals surface area contributed by atoms with Gasteiger partial charge in [0.2, 0.25) is 0 Å². The van der Waals surface area contributed by atoms with Gasteiger partial charge < -0.3 is 5.43 Å². The third-order valence-electron chi connectivity index (χ3n) is 2.41. The van der Waals surface area contributed by atoms with Crippen LogP contribution in [-0.4, -0.2) is 5.84 Å². The van der Waals surface area contributed by atoms with E-state index in [4.69, 9.17) is 5.41 Å². The van der Waals surface area contributed by atoms with E-state index in [2.05, 4.69) is 10.9 Å². The van der Waals surface area contributed by atoms with Crippen molar-refractivity contribution in [1.82, 2.24) is 10.9 Å². The van der Waals surface area contributed by atoms with Gasteiger partial charge in [-0.15, -0.1) is 0 Å². The van der Waals surface area contributed by atoms with E-state index >= 15 is 0 Å². The Morgan fingerprint density at radius 2 is 1.47 bits per heavy atom. The molecule has 0 aliphatic carbocycles. The molecule has 2 aromatic carbocycles. The summed E-state index contributed by atoms with van der Waals surface area (Å²) in [5.74, 6) is 0.376. The first-order valence-corrected chi connectivity index (χ1v) is 5.53. The Kier molecular flexibility index (Phi) is 3.89. The number of hydrogen-bond donors (Lipinski definition) is 3. The lowest BCUT2D eigenvalue weighted by atomic mass is 10.2. The third kappa shape index (κ3) is 3.43. The highest BCUT2D eigenvalue weighted by Crippen LogP contribution is 1.98. The summed E-state index contributed by atoms with van der Waals surface area (Å²) in [7, 11) is 0. The van der Waals surface area contributed by atoms with Crippen LogP contribution in [0.15, 0.2) is 60.7 Å². The summed E-state index contributed by atoms with van der Waals surface area (Å²) in [6.07, 6.45) is 0. The van der Waals surface area contributed by atoms with Gasteiger partial charge >= 0.3 is 0 Å². The van der Waals surface area contributed by atoms with Crippen molar-refractivity contribution in [3.05, 3.63) is 71.8 Å². The van der Waals surface area contributed by atoms with Crippen LogP contribution in [0.3, 0.4) is 0 Å². The molecule has 0 amide bonds. The van der Waals surface area contributed by atoms with Crippen molar-refractivity contribution in [3.63, 3.8) is 0 Å². The van der Waals surface area contributed by atoms with E-state index in [1.54, 1.807) is 0 Å². The van der Waals surface area contributed by atoms with Crippen molar-refractivity contribution in [1.29, 1.82) is 5.41 Å². The average Bonchev–Trinajstić information content (AvgIpc) is 2.41. The van der Waals surface area contributed by atoms with Crippen LogP contribution in [0.2, 0.25) is 0 Å². The SMILES string of the molecule is N=C(NNCc1ccccc1)c1ccccc1. The van der Waals surface area contributed by atoms with Crippen molar-refractivity contribution in [3.8, 4) is 0 Å². The van der Waals surface area contributed by atoms with Crippen molar-refractivity contribution in [2.75, 3.05) is 0 Å². The highest BCUT2D eigenvalue weighted by atomic mass is 15.4. The quantitative estimate of drug-likeness (QED) is 0.425. The Labute approximate surface area is 101 Å². The van der Waals surface area contributed by atoms with E-state index in [0.29, 0.717) is 12.4 Å². The largest absolute Gasteiger partial charge is 0.305 e. The smallest absolute Gasteiger partial charge is 0.139 e. The van der Waals surface area contributed by atoms with Gasteiger partial charge in [0.15, 0.2) is 0 Å². The predicted octanol–water partition coefficient (Wildman–Crippen LogP) is 2.31. The maximum atomic E-state index is 7.82. The number of rotatable bonds is 4. The molecule has 0 unspecified atom stereocenters. The van der Waals surface area contributed by atoms with Gasteiger partial charge in [0.05, 0.1) is 0 Å². The summed E-state index contributed by atoms with van der Waals surface area (Å²) >= 11 is 0. The second kappa shape index (κ2) is 5.82. The molecule has 2 aromatic rings. The van der Waals surface area contributed by atoms with Gasteiger partial charge in [-0.2, -0.15) is 0 Å². The molecule has 0 atom stereocenters. The first-order chi connectivity index (χ1) is 8.36. The highest BCUT2D eigenvalue weighted by molar-refractivity contribution is 5.95. The summed E-state index contributed by atoms with van der Waals surface area (Å²) in [5.41, 5.74) is 7.96. The molecular weight excluding hydrogens is 210 g/mol. The molecule has 0 spiro atoms. The minimum absolute atomic E-state index is 0.376. The molecular formula is C14H15N3. The first-order valence-electron chi connectivity index (χ1n) is 5.53. The van der Waals surface area contributed by atoms with E-state index < -0.39 is 0 Å². The van der Waals surface area contributed by atoms with Crippen molar-refractivity contribution < 1.29 is 0 Å². The summed E-state index contributed by atoms with van der Waals surface area (Å²) in [5, 5.41) is 7.82. The molecule has 0 saturated carbocycles. The normalized spacial score (nSPS) is 9.88. The van der Waals surface area contributed by atoms with E-state index in [9.17, 15) is 0 Å². The molecule has 0 aliphatic rings. The molecule has 0 heterocycles. The summed E-state index contributed by atoms with van der Waals surface area (Å²) in [6.45, 7) is 0.691. The maximum Gasteiger partial charge on any atom is 0.139 e. The standard InChI is InChI=1S/C14H15N3/c15-14(13-9-5-2-6-10-13)17-16-11-12-7-3-1-4-8-12/h1-10,16H,11H2,(H2,15,17). The highest BCUT2D eigenvalue weighted by Gasteiger charge is 1.98. The maximum absolute atomic E-state index is 7.82. The molecule has 2 rings (SSSR count). The van der Waals surface area contributed by atoms with E-state index in [0.717, 1.165) is 5.56 Å². The average molecular weight is 225 g/mol. The Balaban J connectivity index is 1.82. The van der Waals surface area contributed by atoms with Crippen LogP contribution < -0.4 is 10.9 Å². The fraction of sp³-hybridized carbons (Fsp3) is 0.0714. The Bertz CT molecular complexity index is 465. The lowest BCUT2D eigenvalue weighted by Gasteiger charge is -2.09. The molecule has 0 bridgehead atoms. The van der Waals surface area contributed by atoms with Crippen molar-refractivity contribution in [2.45, 2.75) is 6.54 Å². The van der Waals surface area contributed by atoms with Crippen LogP contribution in [0.4, 0.5) is 0 Å². The molecule has 0 aliphatic heterocycles. The molecule has 0 aromatic heterocycles. The minimum Gasteiger partial charge on any atom is -0.305 e. The van der Waals surface area contributed by atoms with Crippen molar-refractivity contribution >= 4 is 5.84 Å². The zero-order chi connectivity index (χ0) is 11.9. The number of benzene rings is 2. The monoisotopic (exact) mass is 225 g/mol. The number of hydrazine groups is 1. The zero-order valence-corrected chi connectivity index (χ0v) is 9.48.